The van der Waals surface area contributed by atoms with Crippen LogP contribution < -0.4 is 0 Å². The third-order valence-corrected chi connectivity index (χ3v) is 4.11. The van der Waals surface area contributed by atoms with Gasteiger partial charge in [-0.1, -0.05) is 0 Å². The van der Waals surface area contributed by atoms with Crippen molar-refractivity contribution in [1.82, 2.24) is 0 Å². The summed E-state index contributed by atoms with van der Waals surface area (Å²) in [6.45, 7) is 1.19. The average Bonchev–Trinajstić information content (AvgIpc) is 2.83. The van der Waals surface area contributed by atoms with Gasteiger partial charge in [-0.15, -0.1) is 0 Å². The molecule has 0 amide bonds. The zero-order valence-electron chi connectivity index (χ0n) is 9.60. The van der Waals surface area contributed by atoms with Crippen molar-refractivity contribution in [2.75, 3.05) is 13.2 Å². The van der Waals surface area contributed by atoms with E-state index in [2.05, 4.69) is 16.8 Å². The highest BCUT2D eigenvalue weighted by atomic mass is 32.1. The minimum absolute atomic E-state index is 0.349. The Morgan fingerprint density at radius 1 is 1.31 bits per heavy atom. The number of thiophene rings is 1. The molecule has 1 N–H and O–H groups in total. The van der Waals surface area contributed by atoms with Gasteiger partial charge in [0.25, 0.3) is 0 Å². The second-order valence-electron chi connectivity index (χ2n) is 4.58. The number of ether oxygens (including phenoxy) is 1. The van der Waals surface area contributed by atoms with Gasteiger partial charge in [-0.25, -0.2) is 0 Å². The first kappa shape index (κ1) is 12.1. The number of hydrogen-bond donors (Lipinski definition) is 1. The first-order chi connectivity index (χ1) is 7.88. The average molecular weight is 240 g/mol. The van der Waals surface area contributed by atoms with Gasteiger partial charge >= 0.3 is 0 Å². The molecule has 1 saturated carbocycles. The first-order valence-corrected chi connectivity index (χ1v) is 7.06. The van der Waals surface area contributed by atoms with Gasteiger partial charge in [0.05, 0.1) is 12.7 Å². The standard InChI is InChI=1S/C13H20O2S/c14-9-11-1-3-13(4-2-11)15-7-5-12-6-8-16-10-12/h6,8,10-11,13-14H,1-5,7,9H2. The van der Waals surface area contributed by atoms with Crippen molar-refractivity contribution < 1.29 is 9.84 Å². The van der Waals surface area contributed by atoms with Crippen LogP contribution in [0.5, 0.6) is 0 Å². The fourth-order valence-electron chi connectivity index (χ4n) is 2.26. The molecule has 1 aliphatic carbocycles. The van der Waals surface area contributed by atoms with Crippen molar-refractivity contribution >= 4 is 11.3 Å². The van der Waals surface area contributed by atoms with E-state index < -0.39 is 0 Å². The van der Waals surface area contributed by atoms with Crippen LogP contribution in [0.25, 0.3) is 0 Å². The SMILES string of the molecule is OCC1CCC(OCCc2ccsc2)CC1. The summed E-state index contributed by atoms with van der Waals surface area (Å²) in [5.74, 6) is 0.525. The molecular weight excluding hydrogens is 220 g/mol. The highest BCUT2D eigenvalue weighted by Gasteiger charge is 2.20. The molecule has 0 radical (unpaired) electrons. The Labute approximate surface area is 101 Å². The van der Waals surface area contributed by atoms with E-state index in [1.165, 1.54) is 5.56 Å². The number of hydrogen-bond acceptors (Lipinski definition) is 3. The van der Waals surface area contributed by atoms with Gasteiger partial charge in [-0.2, -0.15) is 11.3 Å². The second-order valence-corrected chi connectivity index (χ2v) is 5.36. The summed E-state index contributed by atoms with van der Waals surface area (Å²) >= 11 is 1.75. The molecule has 2 rings (SSSR count). The van der Waals surface area contributed by atoms with Crippen LogP contribution in [0.2, 0.25) is 0 Å². The lowest BCUT2D eigenvalue weighted by Crippen LogP contribution is -2.24. The molecule has 1 aliphatic rings. The summed E-state index contributed by atoms with van der Waals surface area (Å²) in [5.41, 5.74) is 1.38. The zero-order valence-corrected chi connectivity index (χ0v) is 10.4. The molecular formula is C13H20O2S. The van der Waals surface area contributed by atoms with Crippen LogP contribution in [0.4, 0.5) is 0 Å². The maximum Gasteiger partial charge on any atom is 0.0575 e. The normalized spacial score (nSPS) is 25.8. The quantitative estimate of drug-likeness (QED) is 0.857. The van der Waals surface area contributed by atoms with E-state index in [1.54, 1.807) is 11.3 Å². The Balaban J connectivity index is 1.60. The molecule has 16 heavy (non-hydrogen) atoms. The molecule has 2 nitrogen and oxygen atoms in total. The van der Waals surface area contributed by atoms with Crippen LogP contribution in [-0.4, -0.2) is 24.4 Å². The van der Waals surface area contributed by atoms with E-state index in [0.29, 0.717) is 18.6 Å². The van der Waals surface area contributed by atoms with Gasteiger partial charge in [-0.3, -0.25) is 0 Å². The van der Waals surface area contributed by atoms with Gasteiger partial charge in [0.2, 0.25) is 0 Å². The maximum absolute atomic E-state index is 9.04. The fraction of sp³-hybridized carbons (Fsp3) is 0.692. The van der Waals surface area contributed by atoms with Gasteiger partial charge < -0.3 is 9.84 Å². The molecule has 0 atom stereocenters. The van der Waals surface area contributed by atoms with Gasteiger partial charge in [0.1, 0.15) is 0 Å². The molecule has 1 aromatic heterocycles. The van der Waals surface area contributed by atoms with E-state index in [-0.39, 0.29) is 0 Å². The smallest absolute Gasteiger partial charge is 0.0575 e. The number of rotatable bonds is 5. The van der Waals surface area contributed by atoms with Crippen LogP contribution in [0, 0.1) is 5.92 Å². The molecule has 0 aromatic carbocycles. The van der Waals surface area contributed by atoms with E-state index in [0.717, 1.165) is 38.7 Å². The Morgan fingerprint density at radius 3 is 2.75 bits per heavy atom. The van der Waals surface area contributed by atoms with Gasteiger partial charge in [0, 0.05) is 6.61 Å². The van der Waals surface area contributed by atoms with Crippen molar-refractivity contribution in [3.8, 4) is 0 Å². The summed E-state index contributed by atoms with van der Waals surface area (Å²) < 4.78 is 5.87. The molecule has 1 fully saturated rings. The Bertz CT molecular complexity index is 276. The summed E-state index contributed by atoms with van der Waals surface area (Å²) in [5, 5.41) is 13.3. The first-order valence-electron chi connectivity index (χ1n) is 6.12. The Hall–Kier alpha value is -0.380. The molecule has 0 bridgehead atoms. The molecule has 0 aliphatic heterocycles. The summed E-state index contributed by atoms with van der Waals surface area (Å²) in [6.07, 6.45) is 5.95. The molecule has 1 heterocycles. The molecule has 0 saturated heterocycles. The van der Waals surface area contributed by atoms with E-state index in [9.17, 15) is 0 Å². The lowest BCUT2D eigenvalue weighted by atomic mass is 9.88. The van der Waals surface area contributed by atoms with Crippen LogP contribution in [0.15, 0.2) is 16.8 Å². The Morgan fingerprint density at radius 2 is 2.12 bits per heavy atom. The molecule has 0 unspecified atom stereocenters. The molecule has 3 heteroatoms. The second kappa shape index (κ2) is 6.38. The van der Waals surface area contributed by atoms with Crippen molar-refractivity contribution in [1.29, 1.82) is 0 Å². The van der Waals surface area contributed by atoms with Gasteiger partial charge in [-0.05, 0) is 60.4 Å². The lowest BCUT2D eigenvalue weighted by molar-refractivity contribution is 0.0130. The molecule has 1 aromatic rings. The minimum atomic E-state index is 0.349. The van der Waals surface area contributed by atoms with Crippen LogP contribution in [0.3, 0.4) is 0 Å². The zero-order chi connectivity index (χ0) is 11.2. The third kappa shape index (κ3) is 3.58. The number of aliphatic hydroxyl groups excluding tert-OH is 1. The highest BCUT2D eigenvalue weighted by Crippen LogP contribution is 2.25. The minimum Gasteiger partial charge on any atom is -0.396 e. The summed E-state index contributed by atoms with van der Waals surface area (Å²) in [4.78, 5) is 0. The van der Waals surface area contributed by atoms with Crippen LogP contribution in [-0.2, 0) is 11.2 Å². The van der Waals surface area contributed by atoms with Gasteiger partial charge in [0.15, 0.2) is 0 Å². The number of aliphatic hydroxyl groups is 1. The predicted molar refractivity (Wildman–Crippen MR) is 66.8 cm³/mol. The summed E-state index contributed by atoms with van der Waals surface area (Å²) in [7, 11) is 0. The monoisotopic (exact) mass is 240 g/mol. The lowest BCUT2D eigenvalue weighted by Gasteiger charge is -2.27. The molecule has 90 valence electrons. The largest absolute Gasteiger partial charge is 0.396 e. The van der Waals surface area contributed by atoms with Crippen molar-refractivity contribution in [2.45, 2.75) is 38.2 Å². The highest BCUT2D eigenvalue weighted by molar-refractivity contribution is 7.07. The topological polar surface area (TPSA) is 29.5 Å². The van der Waals surface area contributed by atoms with Crippen LogP contribution >= 0.6 is 11.3 Å². The fourth-order valence-corrected chi connectivity index (χ4v) is 2.96. The van der Waals surface area contributed by atoms with Crippen molar-refractivity contribution in [2.24, 2.45) is 5.92 Å². The van der Waals surface area contributed by atoms with E-state index in [1.807, 2.05) is 0 Å². The van der Waals surface area contributed by atoms with E-state index in [4.69, 9.17) is 9.84 Å². The third-order valence-electron chi connectivity index (χ3n) is 3.38. The summed E-state index contributed by atoms with van der Waals surface area (Å²) in [6, 6.07) is 2.16. The Kier molecular flexibility index (Phi) is 4.82. The van der Waals surface area contributed by atoms with E-state index >= 15 is 0 Å². The predicted octanol–water partition coefficient (Wildman–Crippen LogP) is 2.86. The van der Waals surface area contributed by atoms with Crippen LogP contribution in [0.1, 0.15) is 31.2 Å². The molecule has 0 spiro atoms. The van der Waals surface area contributed by atoms with Crippen molar-refractivity contribution in [3.05, 3.63) is 22.4 Å². The maximum atomic E-state index is 9.04. The van der Waals surface area contributed by atoms with Crippen molar-refractivity contribution in [3.63, 3.8) is 0 Å².